The number of anilines is 1. The Morgan fingerprint density at radius 3 is 3.05 bits per heavy atom. The van der Waals surface area contributed by atoms with Crippen molar-refractivity contribution >= 4 is 11.6 Å². The lowest BCUT2D eigenvalue weighted by Gasteiger charge is -2.11. The van der Waals surface area contributed by atoms with Gasteiger partial charge in [-0.25, -0.2) is 0 Å². The molecule has 1 atom stereocenters. The van der Waals surface area contributed by atoms with Crippen LogP contribution in [0.4, 0.5) is 5.69 Å². The number of ether oxygens (including phenoxy) is 2. The highest BCUT2D eigenvalue weighted by molar-refractivity contribution is 5.95. The number of hydrogen-bond donors (Lipinski definition) is 2. The summed E-state index contributed by atoms with van der Waals surface area (Å²) in [7, 11) is 0. The molecule has 1 unspecified atom stereocenters. The minimum absolute atomic E-state index is 0.125. The number of hydrogen-bond acceptors (Lipinski definition) is 4. The Morgan fingerprint density at radius 2 is 2.37 bits per heavy atom. The molecule has 0 radical (unpaired) electrons. The van der Waals surface area contributed by atoms with Crippen LogP contribution in [-0.2, 0) is 4.74 Å². The van der Waals surface area contributed by atoms with Gasteiger partial charge in [0.15, 0.2) is 0 Å². The van der Waals surface area contributed by atoms with Gasteiger partial charge in [-0.1, -0.05) is 0 Å². The van der Waals surface area contributed by atoms with Gasteiger partial charge in [-0.3, -0.25) is 4.79 Å². The van der Waals surface area contributed by atoms with Crippen molar-refractivity contribution in [3.8, 4) is 5.75 Å². The number of carbonyl (C=O) groups is 1. The molecule has 0 aliphatic carbocycles. The summed E-state index contributed by atoms with van der Waals surface area (Å²) in [6, 6.07) is 5.08. The molecule has 1 aliphatic rings. The van der Waals surface area contributed by atoms with Crippen LogP contribution in [0.25, 0.3) is 0 Å². The third-order valence-corrected chi connectivity index (χ3v) is 3.08. The van der Waals surface area contributed by atoms with Gasteiger partial charge >= 0.3 is 0 Å². The molecule has 104 valence electrons. The van der Waals surface area contributed by atoms with Gasteiger partial charge in [0.2, 0.25) is 0 Å². The van der Waals surface area contributed by atoms with Gasteiger partial charge in [0.1, 0.15) is 5.75 Å². The monoisotopic (exact) mass is 264 g/mol. The first kappa shape index (κ1) is 13.7. The lowest BCUT2D eigenvalue weighted by Crippen LogP contribution is -2.29. The largest absolute Gasteiger partial charge is 0.494 e. The second kappa shape index (κ2) is 6.43. The van der Waals surface area contributed by atoms with Gasteiger partial charge in [-0.15, -0.1) is 0 Å². The molecule has 1 amide bonds. The van der Waals surface area contributed by atoms with Crippen LogP contribution in [0.5, 0.6) is 5.75 Å². The molecule has 0 spiro atoms. The van der Waals surface area contributed by atoms with E-state index in [1.807, 2.05) is 6.92 Å². The first-order valence-electron chi connectivity index (χ1n) is 6.58. The summed E-state index contributed by atoms with van der Waals surface area (Å²) >= 11 is 0. The molecular weight excluding hydrogens is 244 g/mol. The van der Waals surface area contributed by atoms with Gasteiger partial charge in [0.25, 0.3) is 5.91 Å². The summed E-state index contributed by atoms with van der Waals surface area (Å²) < 4.78 is 10.6. The average Bonchev–Trinajstić information content (AvgIpc) is 2.88. The fourth-order valence-corrected chi connectivity index (χ4v) is 2.09. The molecule has 0 aromatic heterocycles. The first-order valence-corrected chi connectivity index (χ1v) is 6.58. The topological polar surface area (TPSA) is 73.6 Å². The fraction of sp³-hybridized carbons (Fsp3) is 0.500. The molecule has 1 aromatic rings. The van der Waals surface area contributed by atoms with E-state index in [-0.39, 0.29) is 5.91 Å². The first-order chi connectivity index (χ1) is 9.19. The highest BCUT2D eigenvalue weighted by Gasteiger charge is 2.17. The van der Waals surface area contributed by atoms with E-state index in [4.69, 9.17) is 15.2 Å². The molecule has 1 aromatic carbocycles. The zero-order valence-electron chi connectivity index (χ0n) is 11.1. The van der Waals surface area contributed by atoms with Crippen molar-refractivity contribution in [2.45, 2.75) is 13.3 Å². The molecule has 1 heterocycles. The summed E-state index contributed by atoms with van der Waals surface area (Å²) in [5.74, 6) is 0.911. The molecule has 5 nitrogen and oxygen atoms in total. The SMILES string of the molecule is CCOc1cc(N)cc(C(=O)NCC2CCOC2)c1. The molecular formula is C14H20N2O3. The smallest absolute Gasteiger partial charge is 0.251 e. The molecule has 0 saturated carbocycles. The molecule has 3 N–H and O–H groups in total. The van der Waals surface area contributed by atoms with Crippen molar-refractivity contribution in [2.24, 2.45) is 5.92 Å². The Kier molecular flexibility index (Phi) is 4.63. The zero-order chi connectivity index (χ0) is 13.7. The number of nitrogens with two attached hydrogens (primary N) is 1. The van der Waals surface area contributed by atoms with Crippen LogP contribution >= 0.6 is 0 Å². The zero-order valence-corrected chi connectivity index (χ0v) is 11.1. The predicted molar refractivity (Wildman–Crippen MR) is 73.3 cm³/mol. The molecule has 0 bridgehead atoms. The summed E-state index contributed by atoms with van der Waals surface area (Å²) in [6.45, 7) is 4.58. The Labute approximate surface area is 113 Å². The van der Waals surface area contributed by atoms with Crippen LogP contribution in [0.3, 0.4) is 0 Å². The van der Waals surface area contributed by atoms with Gasteiger partial charge in [0, 0.05) is 36.4 Å². The summed E-state index contributed by atoms with van der Waals surface area (Å²) in [4.78, 5) is 12.0. The molecule has 1 fully saturated rings. The second-order valence-corrected chi connectivity index (χ2v) is 4.66. The maximum Gasteiger partial charge on any atom is 0.251 e. The summed E-state index contributed by atoms with van der Waals surface area (Å²) in [5.41, 5.74) is 6.82. The Balaban J connectivity index is 1.97. The lowest BCUT2D eigenvalue weighted by molar-refractivity contribution is 0.0944. The van der Waals surface area contributed by atoms with Crippen LogP contribution in [0.2, 0.25) is 0 Å². The predicted octanol–water partition coefficient (Wildman–Crippen LogP) is 1.43. The van der Waals surface area contributed by atoms with E-state index < -0.39 is 0 Å². The van der Waals surface area contributed by atoms with E-state index in [0.717, 1.165) is 19.6 Å². The average molecular weight is 264 g/mol. The standard InChI is InChI=1S/C14H20N2O3/c1-2-19-13-6-11(5-12(15)7-13)14(17)16-8-10-3-4-18-9-10/h5-7,10H,2-4,8-9,15H2,1H3,(H,16,17). The van der Waals surface area contributed by atoms with E-state index in [0.29, 0.717) is 36.1 Å². The number of rotatable bonds is 5. The second-order valence-electron chi connectivity index (χ2n) is 4.66. The Hall–Kier alpha value is -1.75. The molecule has 1 aliphatic heterocycles. The van der Waals surface area contributed by atoms with Crippen molar-refractivity contribution in [3.63, 3.8) is 0 Å². The maximum atomic E-state index is 12.0. The van der Waals surface area contributed by atoms with Crippen molar-refractivity contribution in [2.75, 3.05) is 32.1 Å². The normalized spacial score (nSPS) is 18.3. The number of nitrogen functional groups attached to an aromatic ring is 1. The van der Waals surface area contributed by atoms with E-state index in [9.17, 15) is 4.79 Å². The van der Waals surface area contributed by atoms with E-state index in [1.165, 1.54) is 0 Å². The van der Waals surface area contributed by atoms with Crippen molar-refractivity contribution in [3.05, 3.63) is 23.8 Å². The van der Waals surface area contributed by atoms with E-state index in [2.05, 4.69) is 5.32 Å². The summed E-state index contributed by atoms with van der Waals surface area (Å²) in [6.07, 6.45) is 1.00. The molecule has 19 heavy (non-hydrogen) atoms. The van der Waals surface area contributed by atoms with Gasteiger partial charge in [-0.05, 0) is 25.5 Å². The lowest BCUT2D eigenvalue weighted by atomic mass is 10.1. The van der Waals surface area contributed by atoms with Crippen LogP contribution in [0, 0.1) is 5.92 Å². The highest BCUT2D eigenvalue weighted by Crippen LogP contribution is 2.19. The van der Waals surface area contributed by atoms with Gasteiger partial charge < -0.3 is 20.5 Å². The minimum atomic E-state index is -0.125. The Morgan fingerprint density at radius 1 is 1.53 bits per heavy atom. The van der Waals surface area contributed by atoms with Crippen LogP contribution in [0.1, 0.15) is 23.7 Å². The van der Waals surface area contributed by atoms with E-state index >= 15 is 0 Å². The minimum Gasteiger partial charge on any atom is -0.494 e. The molecule has 1 saturated heterocycles. The molecule has 5 heteroatoms. The van der Waals surface area contributed by atoms with Crippen molar-refractivity contribution < 1.29 is 14.3 Å². The third-order valence-electron chi connectivity index (χ3n) is 3.08. The van der Waals surface area contributed by atoms with Gasteiger partial charge in [-0.2, -0.15) is 0 Å². The van der Waals surface area contributed by atoms with Crippen molar-refractivity contribution in [1.29, 1.82) is 0 Å². The number of benzene rings is 1. The van der Waals surface area contributed by atoms with Crippen LogP contribution in [0.15, 0.2) is 18.2 Å². The quantitative estimate of drug-likeness (QED) is 0.789. The summed E-state index contributed by atoms with van der Waals surface area (Å²) in [5, 5.41) is 2.91. The van der Waals surface area contributed by atoms with Gasteiger partial charge in [0.05, 0.1) is 13.2 Å². The number of nitrogens with one attached hydrogen (secondary N) is 1. The number of carbonyl (C=O) groups excluding carboxylic acids is 1. The Bertz CT molecular complexity index is 442. The van der Waals surface area contributed by atoms with Crippen LogP contribution in [-0.4, -0.2) is 32.3 Å². The third kappa shape index (κ3) is 3.86. The molecule has 2 rings (SSSR count). The maximum absolute atomic E-state index is 12.0. The van der Waals surface area contributed by atoms with Crippen molar-refractivity contribution in [1.82, 2.24) is 5.32 Å². The number of amides is 1. The fourth-order valence-electron chi connectivity index (χ4n) is 2.09. The van der Waals surface area contributed by atoms with E-state index in [1.54, 1.807) is 18.2 Å². The van der Waals surface area contributed by atoms with Crippen LogP contribution < -0.4 is 15.8 Å². The highest BCUT2D eigenvalue weighted by atomic mass is 16.5.